The first-order valence-corrected chi connectivity index (χ1v) is 5.90. The Kier molecular flexibility index (Phi) is 5.65. The number of likely N-dealkylation sites (N-methyl/N-ethyl adjacent to an activating group) is 1. The van der Waals surface area contributed by atoms with Gasteiger partial charge in [-0.3, -0.25) is 9.69 Å². The maximum atomic E-state index is 11.4. The molecule has 1 aliphatic heterocycles. The molecular weight excluding hydrogens is 190 g/mol. The Morgan fingerprint density at radius 2 is 2.33 bits per heavy atom. The van der Waals surface area contributed by atoms with Crippen LogP contribution < -0.4 is 10.6 Å². The number of hydrogen-bond donors (Lipinski definition) is 2. The second-order valence-corrected chi connectivity index (χ2v) is 4.25. The Bertz CT molecular complexity index is 194. The Labute approximate surface area is 92.4 Å². The van der Waals surface area contributed by atoms with Crippen molar-refractivity contribution in [3.63, 3.8) is 0 Å². The predicted molar refractivity (Wildman–Crippen MR) is 61.8 cm³/mol. The molecule has 1 aliphatic rings. The summed E-state index contributed by atoms with van der Waals surface area (Å²) in [6, 6.07) is 0. The standard InChI is InChI=1S/C11H23N3O/c1-3-13-11(15)9-14-6-4-5-10(8-14)7-12-2/h10,12H,3-9H2,1-2H3,(H,13,15). The molecule has 0 radical (unpaired) electrons. The summed E-state index contributed by atoms with van der Waals surface area (Å²) >= 11 is 0. The van der Waals surface area contributed by atoms with Gasteiger partial charge in [0.2, 0.25) is 5.91 Å². The first-order chi connectivity index (χ1) is 7.26. The summed E-state index contributed by atoms with van der Waals surface area (Å²) in [6.45, 7) is 6.43. The lowest BCUT2D eigenvalue weighted by Gasteiger charge is -2.32. The van der Waals surface area contributed by atoms with E-state index in [9.17, 15) is 4.79 Å². The average Bonchev–Trinajstić information content (AvgIpc) is 2.19. The quantitative estimate of drug-likeness (QED) is 0.678. The van der Waals surface area contributed by atoms with Crippen molar-refractivity contribution >= 4 is 5.91 Å². The molecule has 88 valence electrons. The predicted octanol–water partition coefficient (Wildman–Crippen LogP) is 0.0539. The Morgan fingerprint density at radius 3 is 3.00 bits per heavy atom. The Morgan fingerprint density at radius 1 is 1.53 bits per heavy atom. The van der Waals surface area contributed by atoms with E-state index in [-0.39, 0.29) is 5.91 Å². The number of piperidine rings is 1. The van der Waals surface area contributed by atoms with Crippen molar-refractivity contribution in [1.29, 1.82) is 0 Å². The van der Waals surface area contributed by atoms with Crippen LogP contribution >= 0.6 is 0 Å². The monoisotopic (exact) mass is 213 g/mol. The second-order valence-electron chi connectivity index (χ2n) is 4.25. The van der Waals surface area contributed by atoms with Gasteiger partial charge in [0.1, 0.15) is 0 Å². The highest BCUT2D eigenvalue weighted by atomic mass is 16.2. The van der Waals surface area contributed by atoms with Crippen LogP contribution in [0.4, 0.5) is 0 Å². The van der Waals surface area contributed by atoms with Crippen LogP contribution in [0.25, 0.3) is 0 Å². The molecule has 0 saturated carbocycles. The van der Waals surface area contributed by atoms with Crippen LogP contribution in [-0.2, 0) is 4.79 Å². The van der Waals surface area contributed by atoms with Gasteiger partial charge in [0, 0.05) is 13.1 Å². The summed E-state index contributed by atoms with van der Waals surface area (Å²) in [4.78, 5) is 13.7. The molecule has 0 aromatic carbocycles. The SMILES string of the molecule is CCNC(=O)CN1CCCC(CNC)C1. The lowest BCUT2D eigenvalue weighted by Crippen LogP contribution is -2.44. The molecule has 1 fully saturated rings. The number of nitrogens with zero attached hydrogens (tertiary/aromatic N) is 1. The summed E-state index contributed by atoms with van der Waals surface area (Å²) in [5.41, 5.74) is 0. The molecule has 15 heavy (non-hydrogen) atoms. The third kappa shape index (κ3) is 4.62. The average molecular weight is 213 g/mol. The van der Waals surface area contributed by atoms with E-state index in [1.165, 1.54) is 12.8 Å². The molecule has 1 amide bonds. The van der Waals surface area contributed by atoms with Crippen LogP contribution in [-0.4, -0.2) is 50.6 Å². The molecule has 1 unspecified atom stereocenters. The minimum absolute atomic E-state index is 0.155. The van der Waals surface area contributed by atoms with Gasteiger partial charge in [-0.15, -0.1) is 0 Å². The fraction of sp³-hybridized carbons (Fsp3) is 0.909. The highest BCUT2D eigenvalue weighted by molar-refractivity contribution is 5.77. The van der Waals surface area contributed by atoms with Gasteiger partial charge in [0.15, 0.2) is 0 Å². The summed E-state index contributed by atoms with van der Waals surface area (Å²) < 4.78 is 0. The van der Waals surface area contributed by atoms with Gasteiger partial charge in [0.25, 0.3) is 0 Å². The number of hydrogen-bond acceptors (Lipinski definition) is 3. The van der Waals surface area contributed by atoms with E-state index in [0.29, 0.717) is 12.5 Å². The number of likely N-dealkylation sites (tertiary alicyclic amines) is 1. The van der Waals surface area contributed by atoms with Gasteiger partial charge in [-0.1, -0.05) is 0 Å². The van der Waals surface area contributed by atoms with E-state index in [0.717, 1.165) is 26.2 Å². The smallest absolute Gasteiger partial charge is 0.234 e. The van der Waals surface area contributed by atoms with E-state index in [2.05, 4.69) is 15.5 Å². The van der Waals surface area contributed by atoms with Crippen molar-refractivity contribution in [2.45, 2.75) is 19.8 Å². The van der Waals surface area contributed by atoms with Crippen LogP contribution in [0.3, 0.4) is 0 Å². The lowest BCUT2D eigenvalue weighted by molar-refractivity contribution is -0.122. The molecule has 4 nitrogen and oxygen atoms in total. The normalized spacial score (nSPS) is 22.7. The van der Waals surface area contributed by atoms with Crippen molar-refractivity contribution in [2.24, 2.45) is 5.92 Å². The number of carbonyl (C=O) groups excluding carboxylic acids is 1. The molecule has 0 aliphatic carbocycles. The third-order valence-corrected chi connectivity index (χ3v) is 2.84. The van der Waals surface area contributed by atoms with Crippen molar-refractivity contribution in [3.8, 4) is 0 Å². The van der Waals surface area contributed by atoms with Gasteiger partial charge in [-0.2, -0.15) is 0 Å². The molecule has 0 spiro atoms. The van der Waals surface area contributed by atoms with Crippen molar-refractivity contribution < 1.29 is 4.79 Å². The largest absolute Gasteiger partial charge is 0.355 e. The van der Waals surface area contributed by atoms with Crippen LogP contribution in [0.15, 0.2) is 0 Å². The molecule has 1 atom stereocenters. The van der Waals surface area contributed by atoms with Crippen molar-refractivity contribution in [1.82, 2.24) is 15.5 Å². The van der Waals surface area contributed by atoms with Crippen molar-refractivity contribution in [2.75, 3.05) is 39.8 Å². The topological polar surface area (TPSA) is 44.4 Å². The van der Waals surface area contributed by atoms with Crippen LogP contribution in [0.1, 0.15) is 19.8 Å². The minimum atomic E-state index is 0.155. The molecular formula is C11H23N3O. The molecule has 4 heteroatoms. The highest BCUT2D eigenvalue weighted by Crippen LogP contribution is 2.14. The summed E-state index contributed by atoms with van der Waals surface area (Å²) in [6.07, 6.45) is 2.50. The second kappa shape index (κ2) is 6.80. The fourth-order valence-electron chi connectivity index (χ4n) is 2.21. The van der Waals surface area contributed by atoms with Gasteiger partial charge in [-0.25, -0.2) is 0 Å². The third-order valence-electron chi connectivity index (χ3n) is 2.84. The maximum absolute atomic E-state index is 11.4. The zero-order chi connectivity index (χ0) is 11.1. The molecule has 2 N–H and O–H groups in total. The highest BCUT2D eigenvalue weighted by Gasteiger charge is 2.20. The maximum Gasteiger partial charge on any atom is 0.234 e. The zero-order valence-electron chi connectivity index (χ0n) is 9.88. The van der Waals surface area contributed by atoms with E-state index >= 15 is 0 Å². The number of rotatable bonds is 5. The minimum Gasteiger partial charge on any atom is -0.355 e. The van der Waals surface area contributed by atoms with E-state index in [1.54, 1.807) is 0 Å². The van der Waals surface area contributed by atoms with Crippen LogP contribution in [0, 0.1) is 5.92 Å². The van der Waals surface area contributed by atoms with Gasteiger partial charge < -0.3 is 10.6 Å². The van der Waals surface area contributed by atoms with Crippen LogP contribution in [0.5, 0.6) is 0 Å². The molecule has 1 saturated heterocycles. The Hall–Kier alpha value is -0.610. The van der Waals surface area contributed by atoms with Crippen molar-refractivity contribution in [3.05, 3.63) is 0 Å². The van der Waals surface area contributed by atoms with Gasteiger partial charge in [-0.05, 0) is 45.8 Å². The number of carbonyl (C=O) groups is 1. The number of nitrogens with one attached hydrogen (secondary N) is 2. The summed E-state index contributed by atoms with van der Waals surface area (Å²) in [5.74, 6) is 0.862. The molecule has 0 bridgehead atoms. The first kappa shape index (κ1) is 12.5. The first-order valence-electron chi connectivity index (χ1n) is 5.90. The number of amides is 1. The molecule has 1 heterocycles. The summed E-state index contributed by atoms with van der Waals surface area (Å²) in [5, 5.41) is 6.05. The van der Waals surface area contributed by atoms with E-state index in [1.807, 2.05) is 14.0 Å². The van der Waals surface area contributed by atoms with E-state index in [4.69, 9.17) is 0 Å². The fourth-order valence-corrected chi connectivity index (χ4v) is 2.21. The molecule has 0 aromatic heterocycles. The van der Waals surface area contributed by atoms with E-state index < -0.39 is 0 Å². The lowest BCUT2D eigenvalue weighted by atomic mass is 9.98. The molecule has 0 aromatic rings. The summed E-state index contributed by atoms with van der Waals surface area (Å²) in [7, 11) is 1.99. The van der Waals surface area contributed by atoms with Gasteiger partial charge >= 0.3 is 0 Å². The zero-order valence-corrected chi connectivity index (χ0v) is 9.88. The van der Waals surface area contributed by atoms with Gasteiger partial charge in [0.05, 0.1) is 6.54 Å². The van der Waals surface area contributed by atoms with Crippen LogP contribution in [0.2, 0.25) is 0 Å². The molecule has 1 rings (SSSR count). The Balaban J connectivity index is 2.26.